The normalized spacial score (nSPS) is 10.6. The fourth-order valence-electron chi connectivity index (χ4n) is 4.24. The highest BCUT2D eigenvalue weighted by atomic mass is 19.1. The molecule has 2 N–H and O–H groups in total. The molecular weight excluding hydrogens is 543 g/mol. The molecule has 0 aliphatic heterocycles. The first-order chi connectivity index (χ1) is 20.2. The molecule has 4 rings (SSSR count). The molecule has 0 atom stereocenters. The Hall–Kier alpha value is -5.31. The van der Waals surface area contributed by atoms with Crippen LogP contribution in [0, 0.1) is 5.82 Å². The van der Waals surface area contributed by atoms with Crippen LogP contribution in [0.15, 0.2) is 84.9 Å². The lowest BCUT2D eigenvalue weighted by Crippen LogP contribution is -2.22. The van der Waals surface area contributed by atoms with Gasteiger partial charge in [0.2, 0.25) is 5.75 Å². The molecule has 0 saturated heterocycles. The van der Waals surface area contributed by atoms with E-state index in [4.69, 9.17) is 9.47 Å². The Morgan fingerprint density at radius 1 is 0.643 bits per heavy atom. The van der Waals surface area contributed by atoms with Crippen molar-refractivity contribution < 1.29 is 43.3 Å². The van der Waals surface area contributed by atoms with E-state index in [2.05, 4.69) is 0 Å². The Morgan fingerprint density at radius 2 is 1.19 bits per heavy atom. The van der Waals surface area contributed by atoms with Gasteiger partial charge in [0.1, 0.15) is 5.82 Å². The topological polar surface area (TPSA) is 127 Å². The van der Waals surface area contributed by atoms with Crippen LogP contribution in [-0.4, -0.2) is 40.3 Å². The summed E-state index contributed by atoms with van der Waals surface area (Å²) in [5.41, 5.74) is -2.23. The van der Waals surface area contributed by atoms with Gasteiger partial charge in [-0.25, -0.2) is 14.0 Å². The highest BCUT2D eigenvalue weighted by Gasteiger charge is 2.37. The molecule has 4 aromatic carbocycles. The van der Waals surface area contributed by atoms with Crippen molar-refractivity contribution in [3.8, 4) is 17.2 Å². The van der Waals surface area contributed by atoms with Crippen molar-refractivity contribution in [1.82, 2.24) is 0 Å². The predicted molar refractivity (Wildman–Crippen MR) is 151 cm³/mol. The lowest BCUT2D eigenvalue weighted by molar-refractivity contribution is 0.0489. The van der Waals surface area contributed by atoms with Gasteiger partial charge in [-0.2, -0.15) is 0 Å². The van der Waals surface area contributed by atoms with Crippen LogP contribution in [0.1, 0.15) is 78.7 Å². The van der Waals surface area contributed by atoms with Crippen LogP contribution in [0.25, 0.3) is 0 Å². The van der Waals surface area contributed by atoms with E-state index in [1.165, 1.54) is 24.3 Å². The minimum Gasteiger partial charge on any atom is -0.504 e. The van der Waals surface area contributed by atoms with Gasteiger partial charge in [-0.3, -0.25) is 9.59 Å². The second-order valence-corrected chi connectivity index (χ2v) is 9.28. The van der Waals surface area contributed by atoms with E-state index in [0.717, 1.165) is 37.1 Å². The minimum atomic E-state index is -1.16. The second kappa shape index (κ2) is 13.4. The average Bonchev–Trinajstić information content (AvgIpc) is 3.01. The summed E-state index contributed by atoms with van der Waals surface area (Å²) in [6.07, 6.45) is 2.03. The Morgan fingerprint density at radius 3 is 1.79 bits per heavy atom. The van der Waals surface area contributed by atoms with Crippen molar-refractivity contribution in [2.45, 2.75) is 26.2 Å². The fraction of sp³-hybridized carbons (Fsp3) is 0.152. The first-order valence-corrected chi connectivity index (χ1v) is 13.2. The maximum absolute atomic E-state index is 13.9. The van der Waals surface area contributed by atoms with Crippen LogP contribution in [0.5, 0.6) is 17.2 Å². The molecule has 0 spiro atoms. The van der Waals surface area contributed by atoms with Crippen molar-refractivity contribution in [2.24, 2.45) is 0 Å². The number of hydrogen-bond acceptors (Lipinski definition) is 8. The monoisotopic (exact) mass is 570 g/mol. The SMILES string of the molecule is CCCCCOC(=O)c1c(C(=O)c2ccccc2)c(O)c(O)c(OC(=O)c2ccccc2)c1C(=O)c1ccc(F)cc1. The van der Waals surface area contributed by atoms with Crippen molar-refractivity contribution in [2.75, 3.05) is 6.61 Å². The largest absolute Gasteiger partial charge is 0.504 e. The van der Waals surface area contributed by atoms with E-state index in [1.807, 2.05) is 6.92 Å². The Bertz CT molecular complexity index is 1610. The molecule has 0 radical (unpaired) electrons. The quantitative estimate of drug-likeness (QED) is 0.0711. The highest BCUT2D eigenvalue weighted by molar-refractivity contribution is 6.24. The van der Waals surface area contributed by atoms with E-state index in [1.54, 1.807) is 36.4 Å². The van der Waals surface area contributed by atoms with Crippen molar-refractivity contribution in [3.63, 3.8) is 0 Å². The minimum absolute atomic E-state index is 0.0291. The molecule has 4 aromatic rings. The molecule has 42 heavy (non-hydrogen) atoms. The molecule has 0 aliphatic rings. The highest BCUT2D eigenvalue weighted by Crippen LogP contribution is 2.46. The van der Waals surface area contributed by atoms with Gasteiger partial charge in [-0.05, 0) is 42.8 Å². The average molecular weight is 571 g/mol. The van der Waals surface area contributed by atoms with Gasteiger partial charge in [-0.1, -0.05) is 68.3 Å². The summed E-state index contributed by atoms with van der Waals surface area (Å²) in [4.78, 5) is 54.3. The lowest BCUT2D eigenvalue weighted by atomic mass is 9.88. The van der Waals surface area contributed by atoms with Gasteiger partial charge in [0.15, 0.2) is 23.1 Å². The Balaban J connectivity index is 2.00. The molecule has 0 bridgehead atoms. The van der Waals surface area contributed by atoms with Gasteiger partial charge in [0, 0.05) is 11.1 Å². The first-order valence-electron chi connectivity index (χ1n) is 13.2. The molecule has 0 saturated carbocycles. The summed E-state index contributed by atoms with van der Waals surface area (Å²) < 4.78 is 24.5. The number of aromatic hydroxyl groups is 2. The zero-order chi connectivity index (χ0) is 30.2. The molecule has 0 heterocycles. The van der Waals surface area contributed by atoms with Crippen LogP contribution in [0.2, 0.25) is 0 Å². The smallest absolute Gasteiger partial charge is 0.343 e. The number of esters is 2. The first kappa shape index (κ1) is 29.7. The second-order valence-electron chi connectivity index (χ2n) is 9.28. The van der Waals surface area contributed by atoms with E-state index in [-0.39, 0.29) is 23.3 Å². The third-order valence-electron chi connectivity index (χ3n) is 6.39. The van der Waals surface area contributed by atoms with E-state index in [9.17, 15) is 33.8 Å². The molecule has 214 valence electrons. The fourth-order valence-corrected chi connectivity index (χ4v) is 4.24. The van der Waals surface area contributed by atoms with E-state index >= 15 is 0 Å². The molecule has 0 fully saturated rings. The van der Waals surface area contributed by atoms with Crippen molar-refractivity contribution in [1.29, 1.82) is 0 Å². The van der Waals surface area contributed by atoms with Gasteiger partial charge < -0.3 is 19.7 Å². The van der Waals surface area contributed by atoms with Crippen LogP contribution in [0.4, 0.5) is 4.39 Å². The van der Waals surface area contributed by atoms with Crippen LogP contribution in [0.3, 0.4) is 0 Å². The number of unbranched alkanes of at least 4 members (excludes halogenated alkanes) is 2. The number of phenolic OH excluding ortho intramolecular Hbond substituents is 2. The number of benzene rings is 4. The molecule has 0 aliphatic carbocycles. The Labute approximate surface area is 241 Å². The molecular formula is C33H27FO8. The number of phenols is 2. The van der Waals surface area contributed by atoms with Gasteiger partial charge >= 0.3 is 11.9 Å². The summed E-state index contributed by atoms with van der Waals surface area (Å²) in [5.74, 6) is -7.80. The van der Waals surface area contributed by atoms with Crippen molar-refractivity contribution in [3.05, 3.63) is 124 Å². The number of rotatable bonds is 11. The molecule has 9 heteroatoms. The third kappa shape index (κ3) is 6.36. The van der Waals surface area contributed by atoms with Gasteiger partial charge in [-0.15, -0.1) is 0 Å². The third-order valence-corrected chi connectivity index (χ3v) is 6.39. The molecule has 0 aromatic heterocycles. The molecule has 8 nitrogen and oxygen atoms in total. The number of hydrogen-bond donors (Lipinski definition) is 2. The number of halogens is 1. The maximum atomic E-state index is 13.9. The zero-order valence-corrected chi connectivity index (χ0v) is 22.6. The molecule has 0 amide bonds. The number of ether oxygens (including phenoxy) is 2. The molecule has 0 unspecified atom stereocenters. The summed E-state index contributed by atoms with van der Waals surface area (Å²) in [7, 11) is 0. The maximum Gasteiger partial charge on any atom is 0.343 e. The summed E-state index contributed by atoms with van der Waals surface area (Å²) >= 11 is 0. The Kier molecular flexibility index (Phi) is 9.44. The van der Waals surface area contributed by atoms with Crippen LogP contribution < -0.4 is 4.74 Å². The summed E-state index contributed by atoms with van der Waals surface area (Å²) in [5, 5.41) is 22.2. The number of ketones is 2. The summed E-state index contributed by atoms with van der Waals surface area (Å²) in [6, 6.07) is 19.4. The van der Waals surface area contributed by atoms with Crippen LogP contribution in [-0.2, 0) is 4.74 Å². The zero-order valence-electron chi connectivity index (χ0n) is 22.6. The lowest BCUT2D eigenvalue weighted by Gasteiger charge is -2.20. The van der Waals surface area contributed by atoms with Crippen LogP contribution >= 0.6 is 0 Å². The van der Waals surface area contributed by atoms with Gasteiger partial charge in [0.25, 0.3) is 0 Å². The summed E-state index contributed by atoms with van der Waals surface area (Å²) in [6.45, 7) is 1.87. The predicted octanol–water partition coefficient (Wildman–Crippen LogP) is 6.27. The van der Waals surface area contributed by atoms with Crippen molar-refractivity contribution >= 4 is 23.5 Å². The standard InChI is InChI=1S/C33H27FO8/c1-2-3-10-19-41-33(40)24-25(27(35)20-11-6-4-7-12-20)29(37)30(38)31(42-32(39)22-13-8-5-9-14-22)26(24)28(36)21-15-17-23(34)18-16-21/h4-9,11-18,37-38H,2-3,10,19H2,1H3. The number of carbonyl (C=O) groups excluding carboxylic acids is 4. The number of carbonyl (C=O) groups is 4. The van der Waals surface area contributed by atoms with E-state index < -0.39 is 63.3 Å². The van der Waals surface area contributed by atoms with E-state index in [0.29, 0.717) is 6.42 Å². The van der Waals surface area contributed by atoms with Gasteiger partial charge in [0.05, 0.1) is 28.9 Å².